The van der Waals surface area contributed by atoms with Crippen molar-refractivity contribution in [2.75, 3.05) is 0 Å². The molecule has 4 rings (SSSR count). The minimum atomic E-state index is 0.234. The number of hydrogen-bond acceptors (Lipinski definition) is 0. The lowest BCUT2D eigenvalue weighted by molar-refractivity contribution is 0.517. The molecular formula is C22H22. The maximum Gasteiger partial charge on any atom is 0.0207 e. The van der Waals surface area contributed by atoms with E-state index in [4.69, 9.17) is 0 Å². The summed E-state index contributed by atoms with van der Waals surface area (Å²) in [7, 11) is 0. The average Bonchev–Trinajstić information content (AvgIpc) is 3.11. The van der Waals surface area contributed by atoms with Gasteiger partial charge in [0, 0.05) is 5.92 Å². The van der Waals surface area contributed by atoms with Crippen LogP contribution in [-0.4, -0.2) is 0 Å². The first-order chi connectivity index (χ1) is 10.5. The van der Waals surface area contributed by atoms with Crippen molar-refractivity contribution in [2.45, 2.75) is 33.1 Å². The van der Waals surface area contributed by atoms with E-state index in [2.05, 4.69) is 81.5 Å². The van der Waals surface area contributed by atoms with Crippen LogP contribution >= 0.6 is 0 Å². The van der Waals surface area contributed by atoms with Crippen molar-refractivity contribution in [3.8, 4) is 11.1 Å². The zero-order valence-electron chi connectivity index (χ0n) is 13.6. The molecule has 0 amide bonds. The lowest BCUT2D eigenvalue weighted by Gasteiger charge is -2.18. The number of rotatable bonds is 1. The van der Waals surface area contributed by atoms with Gasteiger partial charge in [-0.25, -0.2) is 0 Å². The van der Waals surface area contributed by atoms with Crippen molar-refractivity contribution in [1.29, 1.82) is 0 Å². The number of hydrogen-bond donors (Lipinski definition) is 0. The van der Waals surface area contributed by atoms with Gasteiger partial charge in [-0.3, -0.25) is 0 Å². The summed E-state index contributed by atoms with van der Waals surface area (Å²) in [5, 5.41) is 0. The molecule has 0 radical (unpaired) electrons. The smallest absolute Gasteiger partial charge is 0.0207 e. The highest BCUT2D eigenvalue weighted by molar-refractivity contribution is 5.77. The van der Waals surface area contributed by atoms with Crippen molar-refractivity contribution in [3.63, 3.8) is 0 Å². The second-order valence-electron chi connectivity index (χ2n) is 7.51. The Labute approximate surface area is 133 Å². The number of benzene rings is 2. The molecule has 0 fully saturated rings. The Morgan fingerprint density at radius 1 is 0.909 bits per heavy atom. The molecule has 2 aliphatic carbocycles. The van der Waals surface area contributed by atoms with Crippen LogP contribution in [0.3, 0.4) is 0 Å². The van der Waals surface area contributed by atoms with E-state index in [1.165, 1.54) is 33.4 Å². The van der Waals surface area contributed by atoms with Gasteiger partial charge in [-0.2, -0.15) is 0 Å². The molecule has 2 aromatic rings. The first-order valence-corrected chi connectivity index (χ1v) is 8.14. The zero-order chi connectivity index (χ0) is 15.3. The third kappa shape index (κ3) is 2.14. The summed E-state index contributed by atoms with van der Waals surface area (Å²) in [6.45, 7) is 6.85. The molecule has 0 heteroatoms. The second kappa shape index (κ2) is 4.71. The molecule has 0 saturated carbocycles. The van der Waals surface area contributed by atoms with E-state index >= 15 is 0 Å². The van der Waals surface area contributed by atoms with Gasteiger partial charge in [0.15, 0.2) is 0 Å². The predicted molar refractivity (Wildman–Crippen MR) is 94.1 cm³/mol. The van der Waals surface area contributed by atoms with Crippen LogP contribution in [0.2, 0.25) is 0 Å². The highest BCUT2D eigenvalue weighted by Gasteiger charge is 2.23. The van der Waals surface area contributed by atoms with Crippen LogP contribution in [0.15, 0.2) is 66.3 Å². The molecule has 2 aliphatic rings. The summed E-state index contributed by atoms with van der Waals surface area (Å²) in [5.74, 6) is 0.434. The standard InChI is InChI=1S/C22H22/c1-22(2,3)19-10-8-16(14-19)15-9-11-21-18(12-15)13-17-6-4-5-7-20(17)21/h4-12,14,16H,13H2,1-3H3. The molecule has 0 saturated heterocycles. The third-order valence-corrected chi connectivity index (χ3v) is 4.91. The maximum absolute atomic E-state index is 2.42. The first-order valence-electron chi connectivity index (χ1n) is 8.14. The van der Waals surface area contributed by atoms with Crippen molar-refractivity contribution < 1.29 is 0 Å². The van der Waals surface area contributed by atoms with Crippen molar-refractivity contribution >= 4 is 0 Å². The van der Waals surface area contributed by atoms with Crippen molar-refractivity contribution in [3.05, 3.63) is 83.0 Å². The Morgan fingerprint density at radius 3 is 2.45 bits per heavy atom. The quantitative estimate of drug-likeness (QED) is 0.523. The summed E-state index contributed by atoms with van der Waals surface area (Å²) in [5.41, 5.74) is 8.87. The van der Waals surface area contributed by atoms with Gasteiger partial charge in [0.2, 0.25) is 0 Å². The van der Waals surface area contributed by atoms with Gasteiger partial charge in [-0.05, 0) is 45.2 Å². The number of allylic oxidation sites excluding steroid dienone is 4. The van der Waals surface area contributed by atoms with Crippen LogP contribution in [0, 0.1) is 5.41 Å². The molecule has 1 atom stereocenters. The Kier molecular flexibility index (Phi) is 2.91. The Hall–Kier alpha value is -2.08. The van der Waals surface area contributed by atoms with Crippen LogP contribution in [0.1, 0.15) is 43.4 Å². The molecule has 0 heterocycles. The van der Waals surface area contributed by atoms with Gasteiger partial charge in [-0.1, -0.05) is 81.5 Å². The fourth-order valence-electron chi connectivity index (χ4n) is 3.59. The number of fused-ring (bicyclic) bond motifs is 3. The zero-order valence-corrected chi connectivity index (χ0v) is 13.6. The SMILES string of the molecule is CC(C)(C)C1=CC(c2ccc3c(c2)Cc2ccccc2-3)C=C1. The van der Waals surface area contributed by atoms with Gasteiger partial charge in [0.1, 0.15) is 0 Å². The van der Waals surface area contributed by atoms with E-state index in [1.54, 1.807) is 0 Å². The largest absolute Gasteiger partial charge is 0.0729 e. The molecule has 0 spiro atoms. The van der Waals surface area contributed by atoms with Gasteiger partial charge in [-0.15, -0.1) is 0 Å². The van der Waals surface area contributed by atoms with Gasteiger partial charge >= 0.3 is 0 Å². The lowest BCUT2D eigenvalue weighted by atomic mass is 9.86. The molecule has 2 aromatic carbocycles. The van der Waals surface area contributed by atoms with Gasteiger partial charge in [0.25, 0.3) is 0 Å². The molecule has 1 unspecified atom stereocenters. The monoisotopic (exact) mass is 286 g/mol. The molecule has 0 aromatic heterocycles. The fourth-order valence-corrected chi connectivity index (χ4v) is 3.59. The molecule has 0 nitrogen and oxygen atoms in total. The first kappa shape index (κ1) is 13.6. The van der Waals surface area contributed by atoms with Crippen LogP contribution in [0.4, 0.5) is 0 Å². The minimum absolute atomic E-state index is 0.234. The molecule has 0 N–H and O–H groups in total. The molecule has 22 heavy (non-hydrogen) atoms. The minimum Gasteiger partial charge on any atom is -0.0729 e. The summed E-state index contributed by atoms with van der Waals surface area (Å²) in [6.07, 6.45) is 8.13. The average molecular weight is 286 g/mol. The van der Waals surface area contributed by atoms with Crippen molar-refractivity contribution in [1.82, 2.24) is 0 Å². The van der Waals surface area contributed by atoms with Crippen LogP contribution < -0.4 is 0 Å². The summed E-state index contributed by atoms with van der Waals surface area (Å²) >= 11 is 0. The van der Waals surface area contributed by atoms with E-state index in [9.17, 15) is 0 Å². The lowest BCUT2D eigenvalue weighted by Crippen LogP contribution is -2.06. The predicted octanol–water partition coefficient (Wildman–Crippen LogP) is 5.88. The Morgan fingerprint density at radius 2 is 1.68 bits per heavy atom. The van der Waals surface area contributed by atoms with E-state index in [1.807, 2.05) is 0 Å². The van der Waals surface area contributed by atoms with Gasteiger partial charge in [0.05, 0.1) is 0 Å². The molecule has 110 valence electrons. The Bertz CT molecular complexity index is 797. The summed E-state index contributed by atoms with van der Waals surface area (Å²) in [4.78, 5) is 0. The summed E-state index contributed by atoms with van der Waals surface area (Å²) < 4.78 is 0. The Balaban J connectivity index is 1.69. The van der Waals surface area contributed by atoms with Crippen molar-refractivity contribution in [2.24, 2.45) is 5.41 Å². The van der Waals surface area contributed by atoms with E-state index < -0.39 is 0 Å². The van der Waals surface area contributed by atoms with Gasteiger partial charge < -0.3 is 0 Å². The molecular weight excluding hydrogens is 264 g/mol. The summed E-state index contributed by atoms with van der Waals surface area (Å²) in [6, 6.07) is 15.8. The van der Waals surface area contributed by atoms with Crippen LogP contribution in [-0.2, 0) is 6.42 Å². The van der Waals surface area contributed by atoms with Crippen LogP contribution in [0.25, 0.3) is 11.1 Å². The van der Waals surface area contributed by atoms with Crippen LogP contribution in [0.5, 0.6) is 0 Å². The highest BCUT2D eigenvalue weighted by Crippen LogP contribution is 2.40. The second-order valence-corrected chi connectivity index (χ2v) is 7.51. The highest BCUT2D eigenvalue weighted by atomic mass is 14.3. The topological polar surface area (TPSA) is 0 Å². The molecule has 0 bridgehead atoms. The van der Waals surface area contributed by atoms with E-state index in [-0.39, 0.29) is 5.41 Å². The molecule has 0 aliphatic heterocycles. The van der Waals surface area contributed by atoms with E-state index in [0.29, 0.717) is 5.92 Å². The normalized spacial score (nSPS) is 19.0. The van der Waals surface area contributed by atoms with E-state index in [0.717, 1.165) is 6.42 Å². The fraction of sp³-hybridized carbons (Fsp3) is 0.273. The maximum atomic E-state index is 2.42. The third-order valence-electron chi connectivity index (χ3n) is 4.91.